The van der Waals surface area contributed by atoms with Gasteiger partial charge in [-0.15, -0.1) is 0 Å². The van der Waals surface area contributed by atoms with E-state index in [1.54, 1.807) is 0 Å². The van der Waals surface area contributed by atoms with Crippen LogP contribution in [0.4, 0.5) is 0 Å². The summed E-state index contributed by atoms with van der Waals surface area (Å²) in [6.45, 7) is 0.794. The molecule has 6 nitrogen and oxygen atoms in total. The monoisotopic (exact) mass is 226 g/mol. The highest BCUT2D eigenvalue weighted by atomic mass is 16.5. The summed E-state index contributed by atoms with van der Waals surface area (Å²) in [6.07, 6.45) is 0.597. The molecule has 1 saturated carbocycles. The van der Waals surface area contributed by atoms with E-state index in [2.05, 4.69) is 4.74 Å². The lowest BCUT2D eigenvalue weighted by atomic mass is 10.2. The van der Waals surface area contributed by atoms with Crippen LogP contribution in [0.15, 0.2) is 0 Å². The van der Waals surface area contributed by atoms with Crippen LogP contribution in [0.3, 0.4) is 0 Å². The molecule has 2 rings (SSSR count). The molecule has 2 N–H and O–H groups in total. The summed E-state index contributed by atoms with van der Waals surface area (Å²) in [5.74, 6) is -2.46. The molecule has 0 radical (unpaired) electrons. The Bertz CT molecular complexity index is 333. The SMILES string of the molecule is COC(=O)C1C2C(=O)N(CCCN)C(=O)C12. The van der Waals surface area contributed by atoms with Crippen LogP contribution in [0.2, 0.25) is 0 Å². The molecule has 2 fully saturated rings. The van der Waals surface area contributed by atoms with E-state index < -0.39 is 23.7 Å². The lowest BCUT2D eigenvalue weighted by Gasteiger charge is -2.17. The lowest BCUT2D eigenvalue weighted by Crippen LogP contribution is -2.37. The summed E-state index contributed by atoms with van der Waals surface area (Å²) in [4.78, 5) is 35.9. The number of fused-ring (bicyclic) bond motifs is 1. The average Bonchev–Trinajstić information content (AvgIpc) is 2.97. The van der Waals surface area contributed by atoms with E-state index in [0.29, 0.717) is 19.5 Å². The normalized spacial score (nSPS) is 31.6. The fourth-order valence-electron chi connectivity index (χ4n) is 2.29. The van der Waals surface area contributed by atoms with Gasteiger partial charge in [0.15, 0.2) is 0 Å². The molecule has 2 aliphatic rings. The summed E-state index contributed by atoms with van der Waals surface area (Å²) < 4.78 is 4.54. The minimum absolute atomic E-state index is 0.251. The number of hydrogen-bond acceptors (Lipinski definition) is 5. The van der Waals surface area contributed by atoms with Gasteiger partial charge < -0.3 is 10.5 Å². The quantitative estimate of drug-likeness (QED) is 0.477. The minimum Gasteiger partial charge on any atom is -0.469 e. The zero-order valence-electron chi connectivity index (χ0n) is 9.01. The fraction of sp³-hybridized carbons (Fsp3) is 0.700. The molecule has 1 heterocycles. The van der Waals surface area contributed by atoms with E-state index in [-0.39, 0.29) is 11.8 Å². The molecule has 1 aliphatic carbocycles. The van der Waals surface area contributed by atoms with Crippen LogP contribution in [-0.4, -0.2) is 42.9 Å². The molecule has 0 aromatic carbocycles. The van der Waals surface area contributed by atoms with Gasteiger partial charge >= 0.3 is 5.97 Å². The molecule has 2 unspecified atom stereocenters. The number of hydrogen-bond donors (Lipinski definition) is 1. The number of nitrogens with two attached hydrogens (primary N) is 1. The van der Waals surface area contributed by atoms with E-state index in [4.69, 9.17) is 5.73 Å². The predicted molar refractivity (Wildman–Crippen MR) is 52.9 cm³/mol. The summed E-state index contributed by atoms with van der Waals surface area (Å²) in [6, 6.07) is 0. The number of imide groups is 1. The van der Waals surface area contributed by atoms with Crippen molar-refractivity contribution in [2.45, 2.75) is 6.42 Å². The maximum absolute atomic E-state index is 11.8. The Hall–Kier alpha value is -1.43. The Morgan fingerprint density at radius 3 is 2.38 bits per heavy atom. The maximum atomic E-state index is 11.8. The summed E-state index contributed by atoms with van der Waals surface area (Å²) in [5, 5.41) is 0. The van der Waals surface area contributed by atoms with Crippen LogP contribution in [0.5, 0.6) is 0 Å². The molecular formula is C10H14N2O4. The number of rotatable bonds is 4. The number of methoxy groups -OCH3 is 1. The van der Waals surface area contributed by atoms with Crippen LogP contribution in [-0.2, 0) is 19.1 Å². The maximum Gasteiger partial charge on any atom is 0.310 e. The molecule has 6 heteroatoms. The molecule has 0 aromatic rings. The van der Waals surface area contributed by atoms with Gasteiger partial charge in [-0.25, -0.2) is 0 Å². The van der Waals surface area contributed by atoms with Crippen molar-refractivity contribution in [3.05, 3.63) is 0 Å². The molecule has 1 aliphatic heterocycles. The van der Waals surface area contributed by atoms with Crippen molar-refractivity contribution in [1.29, 1.82) is 0 Å². The first kappa shape index (κ1) is 11.1. The highest BCUT2D eigenvalue weighted by molar-refractivity contribution is 6.13. The molecule has 2 amide bonds. The standard InChI is InChI=1S/C10H14N2O4/c1-16-10(15)7-5-6(7)9(14)12(8(5)13)4-2-3-11/h5-7H,2-4,11H2,1H3. The largest absolute Gasteiger partial charge is 0.469 e. The first-order valence-electron chi connectivity index (χ1n) is 5.26. The van der Waals surface area contributed by atoms with Crippen LogP contribution < -0.4 is 5.73 Å². The van der Waals surface area contributed by atoms with Crippen molar-refractivity contribution in [1.82, 2.24) is 4.90 Å². The van der Waals surface area contributed by atoms with Gasteiger partial charge in [-0.05, 0) is 13.0 Å². The first-order chi connectivity index (χ1) is 7.63. The van der Waals surface area contributed by atoms with E-state index >= 15 is 0 Å². The number of piperidine rings is 1. The molecule has 0 aromatic heterocycles. The molecular weight excluding hydrogens is 212 g/mol. The number of nitrogens with zero attached hydrogens (tertiary/aromatic N) is 1. The van der Waals surface area contributed by atoms with E-state index in [1.807, 2.05) is 0 Å². The van der Waals surface area contributed by atoms with Crippen molar-refractivity contribution in [2.75, 3.05) is 20.2 Å². The van der Waals surface area contributed by atoms with E-state index in [0.717, 1.165) is 0 Å². The van der Waals surface area contributed by atoms with Gasteiger partial charge in [-0.1, -0.05) is 0 Å². The van der Waals surface area contributed by atoms with Gasteiger partial charge in [0.1, 0.15) is 0 Å². The number of amides is 2. The highest BCUT2D eigenvalue weighted by Crippen LogP contribution is 2.53. The van der Waals surface area contributed by atoms with Crippen LogP contribution in [0, 0.1) is 17.8 Å². The average molecular weight is 226 g/mol. The van der Waals surface area contributed by atoms with Crippen LogP contribution in [0.1, 0.15) is 6.42 Å². The zero-order valence-corrected chi connectivity index (χ0v) is 9.01. The van der Waals surface area contributed by atoms with Crippen molar-refractivity contribution in [2.24, 2.45) is 23.5 Å². The Balaban J connectivity index is 2.02. The predicted octanol–water partition coefficient (Wildman–Crippen LogP) is -1.26. The number of likely N-dealkylation sites (tertiary alicyclic amines) is 1. The van der Waals surface area contributed by atoms with Gasteiger partial charge in [0.25, 0.3) is 0 Å². The smallest absolute Gasteiger partial charge is 0.310 e. The van der Waals surface area contributed by atoms with Gasteiger partial charge in [0, 0.05) is 6.54 Å². The second-order valence-corrected chi connectivity index (χ2v) is 4.07. The van der Waals surface area contributed by atoms with Crippen molar-refractivity contribution >= 4 is 17.8 Å². The Morgan fingerprint density at radius 2 is 1.94 bits per heavy atom. The molecule has 0 spiro atoms. The molecule has 16 heavy (non-hydrogen) atoms. The number of esters is 1. The van der Waals surface area contributed by atoms with Crippen LogP contribution >= 0.6 is 0 Å². The molecule has 0 bridgehead atoms. The van der Waals surface area contributed by atoms with Gasteiger partial charge in [-0.2, -0.15) is 0 Å². The van der Waals surface area contributed by atoms with Gasteiger partial charge in [0.05, 0.1) is 24.9 Å². The molecule has 2 atom stereocenters. The third kappa shape index (κ3) is 1.41. The van der Waals surface area contributed by atoms with E-state index in [9.17, 15) is 14.4 Å². The van der Waals surface area contributed by atoms with Crippen molar-refractivity contribution in [3.8, 4) is 0 Å². The summed E-state index contributed by atoms with van der Waals surface area (Å²) in [7, 11) is 1.26. The van der Waals surface area contributed by atoms with Crippen molar-refractivity contribution < 1.29 is 19.1 Å². The Kier molecular flexibility index (Phi) is 2.67. The molecule has 1 saturated heterocycles. The Morgan fingerprint density at radius 1 is 1.38 bits per heavy atom. The minimum atomic E-state index is -0.542. The van der Waals surface area contributed by atoms with Gasteiger partial charge in [0.2, 0.25) is 11.8 Å². The summed E-state index contributed by atoms with van der Waals surface area (Å²) in [5.41, 5.74) is 5.32. The lowest BCUT2D eigenvalue weighted by molar-refractivity contribution is -0.150. The number of carbonyl (C=O) groups is 3. The highest BCUT2D eigenvalue weighted by Gasteiger charge is 2.70. The third-order valence-corrected chi connectivity index (χ3v) is 3.18. The first-order valence-corrected chi connectivity index (χ1v) is 5.26. The Labute approximate surface area is 92.7 Å². The molecule has 88 valence electrons. The van der Waals surface area contributed by atoms with E-state index in [1.165, 1.54) is 12.0 Å². The second-order valence-electron chi connectivity index (χ2n) is 4.07. The summed E-state index contributed by atoms with van der Waals surface area (Å²) >= 11 is 0. The fourth-order valence-corrected chi connectivity index (χ4v) is 2.29. The van der Waals surface area contributed by atoms with Gasteiger partial charge in [-0.3, -0.25) is 19.3 Å². The topological polar surface area (TPSA) is 89.7 Å². The number of ether oxygens (including phenoxy) is 1. The van der Waals surface area contributed by atoms with Crippen molar-refractivity contribution in [3.63, 3.8) is 0 Å². The third-order valence-electron chi connectivity index (χ3n) is 3.18. The second kappa shape index (κ2) is 3.86. The van der Waals surface area contributed by atoms with Crippen LogP contribution in [0.25, 0.3) is 0 Å². The zero-order chi connectivity index (χ0) is 11.9. The number of carbonyl (C=O) groups excluding carboxylic acids is 3.